The van der Waals surface area contributed by atoms with E-state index in [2.05, 4.69) is 5.32 Å². The van der Waals surface area contributed by atoms with E-state index in [1.807, 2.05) is 0 Å². The Kier molecular flexibility index (Phi) is 6.96. The molecule has 16 heavy (non-hydrogen) atoms. The van der Waals surface area contributed by atoms with E-state index in [4.69, 9.17) is 10.5 Å². The number of hydrogen-bond acceptors (Lipinski definition) is 4. The number of methoxy groups -OCH3 is 1. The molecule has 1 aliphatic rings. The van der Waals surface area contributed by atoms with Gasteiger partial charge in [-0.05, 0) is 51.1 Å². The summed E-state index contributed by atoms with van der Waals surface area (Å²) in [6.45, 7) is 2.48. The van der Waals surface area contributed by atoms with Crippen molar-refractivity contribution in [1.29, 1.82) is 0 Å². The van der Waals surface area contributed by atoms with Crippen LogP contribution >= 0.6 is 0 Å². The third kappa shape index (κ3) is 5.25. The van der Waals surface area contributed by atoms with Crippen LogP contribution in [-0.4, -0.2) is 44.1 Å². The van der Waals surface area contributed by atoms with Gasteiger partial charge >= 0.3 is 0 Å². The monoisotopic (exact) mass is 230 g/mol. The lowest BCUT2D eigenvalue weighted by Gasteiger charge is -2.20. The van der Waals surface area contributed by atoms with Gasteiger partial charge in [0, 0.05) is 13.2 Å². The van der Waals surface area contributed by atoms with Gasteiger partial charge in [-0.3, -0.25) is 0 Å². The van der Waals surface area contributed by atoms with Gasteiger partial charge < -0.3 is 20.9 Å². The molecule has 96 valence electrons. The van der Waals surface area contributed by atoms with Crippen LogP contribution in [0.3, 0.4) is 0 Å². The lowest BCUT2D eigenvalue weighted by Crippen LogP contribution is -2.36. The molecule has 0 heterocycles. The Labute approximate surface area is 98.5 Å². The first-order chi connectivity index (χ1) is 7.76. The van der Waals surface area contributed by atoms with Crippen molar-refractivity contribution in [2.45, 2.75) is 44.2 Å². The summed E-state index contributed by atoms with van der Waals surface area (Å²) in [6, 6.07) is 0.409. The Balaban J connectivity index is 2.15. The summed E-state index contributed by atoms with van der Waals surface area (Å²) in [6.07, 6.45) is 5.09. The van der Waals surface area contributed by atoms with Crippen molar-refractivity contribution in [3.05, 3.63) is 0 Å². The Morgan fingerprint density at radius 3 is 2.88 bits per heavy atom. The molecule has 4 nitrogen and oxygen atoms in total. The van der Waals surface area contributed by atoms with Gasteiger partial charge in [0.25, 0.3) is 0 Å². The average molecular weight is 230 g/mol. The smallest absolute Gasteiger partial charge is 0.0615 e. The van der Waals surface area contributed by atoms with E-state index in [1.54, 1.807) is 7.11 Å². The number of nitrogens with one attached hydrogen (secondary N) is 1. The molecule has 4 N–H and O–H groups in total. The normalized spacial score (nSPS) is 27.2. The predicted molar refractivity (Wildman–Crippen MR) is 65.3 cm³/mol. The van der Waals surface area contributed by atoms with E-state index < -0.39 is 0 Å². The average Bonchev–Trinajstić information content (AvgIpc) is 2.68. The van der Waals surface area contributed by atoms with Gasteiger partial charge in [-0.2, -0.15) is 0 Å². The third-order valence-corrected chi connectivity index (χ3v) is 3.33. The summed E-state index contributed by atoms with van der Waals surface area (Å²) in [5.41, 5.74) is 5.51. The number of aliphatic hydroxyl groups is 1. The minimum absolute atomic E-state index is 0.0725. The van der Waals surface area contributed by atoms with E-state index in [-0.39, 0.29) is 6.10 Å². The maximum Gasteiger partial charge on any atom is 0.0615 e. The first-order valence-corrected chi connectivity index (χ1v) is 6.36. The second-order valence-corrected chi connectivity index (χ2v) is 4.82. The summed E-state index contributed by atoms with van der Waals surface area (Å²) in [4.78, 5) is 0. The van der Waals surface area contributed by atoms with E-state index in [9.17, 15) is 5.11 Å². The molecule has 1 saturated carbocycles. The highest BCUT2D eigenvalue weighted by atomic mass is 16.5. The van der Waals surface area contributed by atoms with Crippen molar-refractivity contribution in [3.63, 3.8) is 0 Å². The van der Waals surface area contributed by atoms with Gasteiger partial charge in [0.2, 0.25) is 0 Å². The quantitative estimate of drug-likeness (QED) is 0.568. The van der Waals surface area contributed by atoms with E-state index in [0.717, 1.165) is 51.8 Å². The van der Waals surface area contributed by atoms with Crippen LogP contribution in [0.5, 0.6) is 0 Å². The van der Waals surface area contributed by atoms with Gasteiger partial charge in [0.1, 0.15) is 0 Å². The zero-order chi connectivity index (χ0) is 11.8. The van der Waals surface area contributed by atoms with Crippen LogP contribution in [0.4, 0.5) is 0 Å². The molecule has 0 bridgehead atoms. The van der Waals surface area contributed by atoms with E-state index in [0.29, 0.717) is 12.0 Å². The van der Waals surface area contributed by atoms with Crippen LogP contribution in [0, 0.1) is 5.92 Å². The fourth-order valence-electron chi connectivity index (χ4n) is 2.38. The topological polar surface area (TPSA) is 67.5 Å². The van der Waals surface area contributed by atoms with Crippen molar-refractivity contribution in [2.75, 3.05) is 26.8 Å². The highest BCUT2D eigenvalue weighted by Gasteiger charge is 2.23. The SMILES string of the molecule is COCC(CCCN)NCC1CCC(O)C1. The lowest BCUT2D eigenvalue weighted by atomic mass is 10.1. The van der Waals surface area contributed by atoms with Crippen molar-refractivity contribution in [1.82, 2.24) is 5.32 Å². The molecule has 0 spiro atoms. The molecule has 1 rings (SSSR count). The number of aliphatic hydroxyl groups excluding tert-OH is 1. The van der Waals surface area contributed by atoms with Crippen molar-refractivity contribution >= 4 is 0 Å². The van der Waals surface area contributed by atoms with E-state index >= 15 is 0 Å². The Hall–Kier alpha value is -0.160. The van der Waals surface area contributed by atoms with Crippen LogP contribution in [0.15, 0.2) is 0 Å². The molecular formula is C12H26N2O2. The first kappa shape index (κ1) is 13.9. The predicted octanol–water partition coefficient (Wildman–Crippen LogP) is 0.491. The summed E-state index contributed by atoms with van der Waals surface area (Å²) in [5, 5.41) is 13.0. The Bertz CT molecular complexity index is 178. The Morgan fingerprint density at radius 1 is 1.50 bits per heavy atom. The molecule has 0 amide bonds. The molecule has 1 aliphatic carbocycles. The third-order valence-electron chi connectivity index (χ3n) is 3.33. The van der Waals surface area contributed by atoms with Crippen LogP contribution in [0.25, 0.3) is 0 Å². The number of hydrogen-bond donors (Lipinski definition) is 3. The zero-order valence-electron chi connectivity index (χ0n) is 10.3. The van der Waals surface area contributed by atoms with Crippen LogP contribution < -0.4 is 11.1 Å². The molecular weight excluding hydrogens is 204 g/mol. The van der Waals surface area contributed by atoms with Crippen LogP contribution in [0.1, 0.15) is 32.1 Å². The Morgan fingerprint density at radius 2 is 2.31 bits per heavy atom. The van der Waals surface area contributed by atoms with Gasteiger partial charge in [-0.15, -0.1) is 0 Å². The fraction of sp³-hybridized carbons (Fsp3) is 1.00. The lowest BCUT2D eigenvalue weighted by molar-refractivity contribution is 0.156. The fourth-order valence-corrected chi connectivity index (χ4v) is 2.38. The first-order valence-electron chi connectivity index (χ1n) is 6.36. The van der Waals surface area contributed by atoms with Crippen molar-refractivity contribution < 1.29 is 9.84 Å². The minimum Gasteiger partial charge on any atom is -0.393 e. The summed E-state index contributed by atoms with van der Waals surface area (Å²) >= 11 is 0. The molecule has 3 unspecified atom stereocenters. The van der Waals surface area contributed by atoms with Gasteiger partial charge in [-0.25, -0.2) is 0 Å². The molecule has 0 aliphatic heterocycles. The maximum atomic E-state index is 9.44. The molecule has 3 atom stereocenters. The van der Waals surface area contributed by atoms with Gasteiger partial charge in [0.05, 0.1) is 12.7 Å². The second-order valence-electron chi connectivity index (χ2n) is 4.82. The molecule has 0 aromatic rings. The molecule has 0 saturated heterocycles. The summed E-state index contributed by atoms with van der Waals surface area (Å²) in [5.74, 6) is 0.632. The number of nitrogens with two attached hydrogens (primary N) is 1. The standard InChI is InChI=1S/C12H26N2O2/c1-16-9-11(3-2-6-13)14-8-10-4-5-12(15)7-10/h10-12,14-15H,2-9,13H2,1H3. The van der Waals surface area contributed by atoms with Crippen LogP contribution in [0.2, 0.25) is 0 Å². The molecule has 0 aromatic carbocycles. The molecule has 1 fully saturated rings. The maximum absolute atomic E-state index is 9.44. The van der Waals surface area contributed by atoms with Crippen molar-refractivity contribution in [3.8, 4) is 0 Å². The minimum atomic E-state index is -0.0725. The van der Waals surface area contributed by atoms with E-state index in [1.165, 1.54) is 0 Å². The van der Waals surface area contributed by atoms with Crippen molar-refractivity contribution in [2.24, 2.45) is 11.7 Å². The summed E-state index contributed by atoms with van der Waals surface area (Å²) in [7, 11) is 1.73. The molecule has 0 aromatic heterocycles. The van der Waals surface area contributed by atoms with Gasteiger partial charge in [-0.1, -0.05) is 0 Å². The molecule has 0 radical (unpaired) electrons. The van der Waals surface area contributed by atoms with Crippen LogP contribution in [-0.2, 0) is 4.74 Å². The number of ether oxygens (including phenoxy) is 1. The highest BCUT2D eigenvalue weighted by Crippen LogP contribution is 2.24. The highest BCUT2D eigenvalue weighted by molar-refractivity contribution is 4.78. The largest absolute Gasteiger partial charge is 0.393 e. The van der Waals surface area contributed by atoms with Gasteiger partial charge in [0.15, 0.2) is 0 Å². The number of rotatable bonds is 8. The second kappa shape index (κ2) is 8.01. The zero-order valence-corrected chi connectivity index (χ0v) is 10.3. The molecule has 4 heteroatoms. The summed E-state index contributed by atoms with van der Waals surface area (Å²) < 4.78 is 5.18.